The second kappa shape index (κ2) is 10.9. The van der Waals surface area contributed by atoms with E-state index in [1.807, 2.05) is 0 Å². The van der Waals surface area contributed by atoms with Gasteiger partial charge in [0.05, 0.1) is 10.6 Å². The lowest BCUT2D eigenvalue weighted by atomic mass is 10.0. The number of nitrogens with one attached hydrogen (secondary N) is 1. The summed E-state index contributed by atoms with van der Waals surface area (Å²) in [6.07, 6.45) is -3.50. The molecule has 5 rings (SSSR count). The average molecular weight is 601 g/mol. The van der Waals surface area contributed by atoms with Crippen molar-refractivity contribution in [2.75, 3.05) is 5.32 Å². The lowest BCUT2D eigenvalue weighted by molar-refractivity contribution is -0.386. The van der Waals surface area contributed by atoms with Gasteiger partial charge in [0.2, 0.25) is 0 Å². The molecule has 0 spiro atoms. The van der Waals surface area contributed by atoms with Crippen LogP contribution in [0.25, 0.3) is 21.3 Å². The Morgan fingerprint density at radius 3 is 2.50 bits per heavy atom. The molecular formula is C26H16F4N6O5S. The quantitative estimate of drug-likeness (QED) is 0.133. The number of para-hydroxylation sites is 2. The fourth-order valence-electron chi connectivity index (χ4n) is 3.99. The van der Waals surface area contributed by atoms with E-state index < -0.39 is 34.4 Å². The predicted octanol–water partition coefficient (Wildman–Crippen LogP) is 5.61. The summed E-state index contributed by atoms with van der Waals surface area (Å²) >= 11 is 0.551. The van der Waals surface area contributed by atoms with Crippen molar-refractivity contribution in [2.45, 2.75) is 12.9 Å². The zero-order chi connectivity index (χ0) is 30.2. The molecule has 0 atom stereocenters. The maximum Gasteiger partial charge on any atom is 0.433 e. The van der Waals surface area contributed by atoms with Crippen molar-refractivity contribution in [1.29, 1.82) is 0 Å². The summed E-state index contributed by atoms with van der Waals surface area (Å²) in [5, 5.41) is 17.7. The van der Waals surface area contributed by atoms with E-state index in [1.165, 1.54) is 47.3 Å². The van der Waals surface area contributed by atoms with Crippen LogP contribution in [0, 0.1) is 15.9 Å². The van der Waals surface area contributed by atoms with Gasteiger partial charge in [0, 0.05) is 17.6 Å². The van der Waals surface area contributed by atoms with E-state index in [1.54, 1.807) is 6.07 Å². The Morgan fingerprint density at radius 1 is 1.12 bits per heavy atom. The first kappa shape index (κ1) is 28.2. The molecule has 0 saturated heterocycles. The molecule has 0 aliphatic carbocycles. The Hall–Kier alpha value is -5.38. The van der Waals surface area contributed by atoms with E-state index in [0.29, 0.717) is 11.3 Å². The molecule has 2 amide bonds. The van der Waals surface area contributed by atoms with Crippen molar-refractivity contribution >= 4 is 44.7 Å². The summed E-state index contributed by atoms with van der Waals surface area (Å²) in [5.74, 6) is -2.54. The summed E-state index contributed by atoms with van der Waals surface area (Å²) in [6.45, 7) is -0.301. The second-order valence-corrected chi connectivity index (χ2v) is 9.60. The molecule has 16 heteroatoms. The van der Waals surface area contributed by atoms with Crippen LogP contribution in [0.3, 0.4) is 0 Å². The number of nitrogens with two attached hydrogens (primary N) is 1. The van der Waals surface area contributed by atoms with Crippen molar-refractivity contribution < 1.29 is 36.8 Å². The molecule has 0 unspecified atom stereocenters. The number of rotatable bonds is 8. The summed E-state index contributed by atoms with van der Waals surface area (Å²) < 4.78 is 61.2. The highest BCUT2D eigenvalue weighted by Crippen LogP contribution is 2.43. The third-order valence-electron chi connectivity index (χ3n) is 5.86. The number of primary amides is 1. The Morgan fingerprint density at radius 2 is 1.83 bits per heavy atom. The summed E-state index contributed by atoms with van der Waals surface area (Å²) in [5.41, 5.74) is 3.67. The van der Waals surface area contributed by atoms with Gasteiger partial charge in [-0.25, -0.2) is 14.1 Å². The highest BCUT2D eigenvalue weighted by atomic mass is 32.1. The molecule has 0 aliphatic heterocycles. The van der Waals surface area contributed by atoms with Crippen LogP contribution in [0.4, 0.5) is 28.9 Å². The van der Waals surface area contributed by atoms with Gasteiger partial charge >= 0.3 is 11.9 Å². The molecule has 5 aromatic rings. The number of carbonyl (C=O) groups excluding carboxylic acids is 2. The molecule has 3 heterocycles. The Bertz CT molecular complexity index is 1850. The number of alkyl halides is 3. The largest absolute Gasteiger partial charge is 0.464 e. The standard InChI is InChI=1S/C26H16F4N6O5S/c27-14-7-5-13(6-8-14)15-11-19(26(28,29)30)32-25-20(15)21(22(42-25)23(31)37)33-24(38)16-9-10-35(34-16)12-41-18-4-2-1-3-17(18)36(39)40/h1-11H,12H2,(H2,31,37)(H,33,38). The molecule has 214 valence electrons. The SMILES string of the molecule is NC(=O)c1sc2nc(C(F)(F)F)cc(-c3ccc(F)cc3)c2c1NC(=O)c1ccn(COc2ccccc2[N+](=O)[O-])n1. The number of pyridine rings is 1. The van der Waals surface area contributed by atoms with Crippen LogP contribution in [0.2, 0.25) is 0 Å². The van der Waals surface area contributed by atoms with Crippen molar-refractivity contribution in [1.82, 2.24) is 14.8 Å². The molecule has 3 aromatic heterocycles. The number of carbonyl (C=O) groups is 2. The summed E-state index contributed by atoms with van der Waals surface area (Å²) in [4.78, 5) is 39.1. The minimum Gasteiger partial charge on any atom is -0.464 e. The molecule has 0 fully saturated rings. The Balaban J connectivity index is 1.50. The first-order chi connectivity index (χ1) is 19.9. The van der Waals surface area contributed by atoms with E-state index in [2.05, 4.69) is 15.4 Å². The number of anilines is 1. The first-order valence-corrected chi connectivity index (χ1v) is 12.6. The monoisotopic (exact) mass is 600 g/mol. The Kier molecular flexibility index (Phi) is 7.30. The number of halogens is 4. The van der Waals surface area contributed by atoms with Crippen LogP contribution in [0.1, 0.15) is 25.9 Å². The highest BCUT2D eigenvalue weighted by molar-refractivity contribution is 7.21. The maximum atomic E-state index is 13.7. The normalized spacial score (nSPS) is 11.4. The number of nitro benzene ring substituents is 1. The fraction of sp³-hybridized carbons (Fsp3) is 0.0769. The van der Waals surface area contributed by atoms with Gasteiger partial charge in [0.25, 0.3) is 11.8 Å². The number of ether oxygens (including phenoxy) is 1. The molecule has 0 saturated carbocycles. The fourth-order valence-corrected chi connectivity index (χ4v) is 5.00. The molecule has 42 heavy (non-hydrogen) atoms. The van der Waals surface area contributed by atoms with Gasteiger partial charge in [-0.15, -0.1) is 11.3 Å². The van der Waals surface area contributed by atoms with E-state index in [0.717, 1.165) is 18.2 Å². The van der Waals surface area contributed by atoms with Crippen LogP contribution >= 0.6 is 11.3 Å². The van der Waals surface area contributed by atoms with Gasteiger partial charge in [0.1, 0.15) is 21.2 Å². The number of thiophene rings is 1. The summed E-state index contributed by atoms with van der Waals surface area (Å²) in [7, 11) is 0. The lowest BCUT2D eigenvalue weighted by Crippen LogP contribution is -2.18. The minimum atomic E-state index is -4.85. The van der Waals surface area contributed by atoms with Crippen molar-refractivity contribution in [2.24, 2.45) is 5.73 Å². The zero-order valence-electron chi connectivity index (χ0n) is 20.9. The summed E-state index contributed by atoms with van der Waals surface area (Å²) in [6, 6.07) is 12.3. The molecule has 0 radical (unpaired) electrons. The van der Waals surface area contributed by atoms with Gasteiger partial charge in [-0.1, -0.05) is 24.3 Å². The van der Waals surface area contributed by atoms with Crippen LogP contribution in [0.15, 0.2) is 66.9 Å². The van der Waals surface area contributed by atoms with Crippen LogP contribution in [-0.2, 0) is 12.9 Å². The number of benzene rings is 2. The molecule has 0 aliphatic rings. The predicted molar refractivity (Wildman–Crippen MR) is 142 cm³/mol. The van der Waals surface area contributed by atoms with Crippen molar-refractivity contribution in [3.63, 3.8) is 0 Å². The lowest BCUT2D eigenvalue weighted by Gasteiger charge is -2.12. The smallest absolute Gasteiger partial charge is 0.433 e. The number of hydrogen-bond donors (Lipinski definition) is 2. The topological polar surface area (TPSA) is 155 Å². The zero-order valence-corrected chi connectivity index (χ0v) is 21.7. The third kappa shape index (κ3) is 5.60. The molecule has 2 aromatic carbocycles. The highest BCUT2D eigenvalue weighted by Gasteiger charge is 2.35. The minimum absolute atomic E-state index is 0.0130. The van der Waals surface area contributed by atoms with Gasteiger partial charge in [-0.2, -0.15) is 18.3 Å². The number of aromatic nitrogens is 3. The number of fused-ring (bicyclic) bond motifs is 1. The van der Waals surface area contributed by atoms with Gasteiger partial charge < -0.3 is 15.8 Å². The molecular weight excluding hydrogens is 584 g/mol. The second-order valence-electron chi connectivity index (χ2n) is 8.60. The van der Waals surface area contributed by atoms with Gasteiger partial charge in [0.15, 0.2) is 18.2 Å². The first-order valence-electron chi connectivity index (χ1n) is 11.7. The van der Waals surface area contributed by atoms with E-state index >= 15 is 0 Å². The van der Waals surface area contributed by atoms with Crippen molar-refractivity contribution in [3.8, 4) is 16.9 Å². The molecule has 0 bridgehead atoms. The van der Waals surface area contributed by atoms with E-state index in [4.69, 9.17) is 10.5 Å². The molecule has 11 nitrogen and oxygen atoms in total. The van der Waals surface area contributed by atoms with E-state index in [-0.39, 0.29) is 55.8 Å². The number of hydrogen-bond acceptors (Lipinski definition) is 8. The molecule has 3 N–H and O–H groups in total. The van der Waals surface area contributed by atoms with Crippen LogP contribution in [0.5, 0.6) is 5.75 Å². The Labute approximate surface area is 236 Å². The van der Waals surface area contributed by atoms with Crippen molar-refractivity contribution in [3.05, 3.63) is 99.1 Å². The number of amides is 2. The van der Waals surface area contributed by atoms with Crippen LogP contribution < -0.4 is 15.8 Å². The third-order valence-corrected chi connectivity index (χ3v) is 6.96. The van der Waals surface area contributed by atoms with Gasteiger partial charge in [-0.05, 0) is 41.5 Å². The van der Waals surface area contributed by atoms with Gasteiger partial charge in [-0.3, -0.25) is 19.7 Å². The maximum absolute atomic E-state index is 13.7. The number of nitro groups is 1. The average Bonchev–Trinajstić information content (AvgIpc) is 3.57. The number of nitrogens with zero attached hydrogens (tertiary/aromatic N) is 4. The van der Waals surface area contributed by atoms with E-state index in [9.17, 15) is 37.3 Å². The van der Waals surface area contributed by atoms with Crippen LogP contribution in [-0.4, -0.2) is 31.5 Å².